The first-order valence-electron chi connectivity index (χ1n) is 9.10. The molecular formula is C18H29N3O3S. The molecule has 1 aromatic rings. The van der Waals surface area contributed by atoms with Crippen molar-refractivity contribution in [1.82, 2.24) is 14.7 Å². The van der Waals surface area contributed by atoms with E-state index in [0.29, 0.717) is 12.5 Å². The highest BCUT2D eigenvalue weighted by molar-refractivity contribution is 7.98. The second kappa shape index (κ2) is 7.99. The Balaban J connectivity index is 1.37. The second-order valence-corrected chi connectivity index (χ2v) is 8.93. The van der Waals surface area contributed by atoms with Gasteiger partial charge in [-0.15, -0.1) is 0 Å². The van der Waals surface area contributed by atoms with Crippen molar-refractivity contribution in [2.75, 3.05) is 25.4 Å². The summed E-state index contributed by atoms with van der Waals surface area (Å²) < 4.78 is 13.4. The zero-order valence-corrected chi connectivity index (χ0v) is 16.3. The molecule has 1 amide bonds. The molecule has 2 aliphatic heterocycles. The summed E-state index contributed by atoms with van der Waals surface area (Å²) in [6, 6.07) is 2.16. The van der Waals surface area contributed by atoms with Crippen LogP contribution in [0.1, 0.15) is 45.0 Å². The number of rotatable bonds is 4. The lowest BCUT2D eigenvalue weighted by Crippen LogP contribution is -2.42. The van der Waals surface area contributed by atoms with E-state index in [2.05, 4.69) is 15.8 Å². The maximum Gasteiger partial charge on any atom is 0.410 e. The molecule has 25 heavy (non-hydrogen) atoms. The molecule has 0 aromatic carbocycles. The molecule has 6 nitrogen and oxygen atoms in total. The number of carbonyl (C=O) groups is 1. The number of likely N-dealkylation sites (tertiary alicyclic amines) is 1. The number of hydrogen-bond donors (Lipinski definition) is 0. The smallest absolute Gasteiger partial charge is 0.410 e. The van der Waals surface area contributed by atoms with Gasteiger partial charge in [0.2, 0.25) is 0 Å². The summed E-state index contributed by atoms with van der Waals surface area (Å²) in [6.07, 6.45) is 1.74. The number of aromatic nitrogens is 2. The summed E-state index contributed by atoms with van der Waals surface area (Å²) in [4.78, 5) is 13.9. The lowest BCUT2D eigenvalue weighted by Gasteiger charge is -2.33. The van der Waals surface area contributed by atoms with Crippen LogP contribution < -0.4 is 0 Å². The van der Waals surface area contributed by atoms with Gasteiger partial charge in [0.05, 0.1) is 25.5 Å². The van der Waals surface area contributed by atoms with Crippen LogP contribution in [-0.2, 0) is 28.4 Å². The van der Waals surface area contributed by atoms with E-state index in [4.69, 9.17) is 9.47 Å². The van der Waals surface area contributed by atoms with Crippen molar-refractivity contribution >= 4 is 17.9 Å². The van der Waals surface area contributed by atoms with Gasteiger partial charge in [0.25, 0.3) is 0 Å². The van der Waals surface area contributed by atoms with Gasteiger partial charge < -0.3 is 14.4 Å². The predicted octanol–water partition coefficient (Wildman–Crippen LogP) is 3.29. The molecule has 3 heterocycles. The third-order valence-electron chi connectivity index (χ3n) is 4.48. The minimum Gasteiger partial charge on any atom is -0.444 e. The third-order valence-corrected chi connectivity index (χ3v) is 5.45. The third kappa shape index (κ3) is 5.38. The summed E-state index contributed by atoms with van der Waals surface area (Å²) in [5, 5.41) is 4.61. The van der Waals surface area contributed by atoms with E-state index in [1.54, 1.807) is 0 Å². The molecule has 1 fully saturated rings. The van der Waals surface area contributed by atoms with Gasteiger partial charge in [-0.05, 0) is 45.6 Å². The summed E-state index contributed by atoms with van der Waals surface area (Å²) in [5.74, 6) is 2.70. The molecule has 0 spiro atoms. The average molecular weight is 368 g/mol. The molecule has 140 valence electrons. The van der Waals surface area contributed by atoms with E-state index >= 15 is 0 Å². The minimum absolute atomic E-state index is 0.201. The number of carbonyl (C=O) groups excluding carboxylic acids is 1. The molecule has 0 unspecified atom stereocenters. The van der Waals surface area contributed by atoms with Crippen LogP contribution in [0.2, 0.25) is 0 Å². The molecule has 3 rings (SSSR count). The van der Waals surface area contributed by atoms with Crippen LogP contribution in [-0.4, -0.2) is 51.8 Å². The van der Waals surface area contributed by atoms with Crippen LogP contribution in [0.5, 0.6) is 0 Å². The summed E-state index contributed by atoms with van der Waals surface area (Å²) in [6.45, 7) is 9.52. The number of hydrogen-bond acceptors (Lipinski definition) is 5. The first-order chi connectivity index (χ1) is 11.9. The zero-order chi connectivity index (χ0) is 17.9. The fourth-order valence-corrected chi connectivity index (χ4v) is 4.05. The van der Waals surface area contributed by atoms with Gasteiger partial charge in [0, 0.05) is 30.3 Å². The zero-order valence-electron chi connectivity index (χ0n) is 15.5. The fraction of sp³-hybridized carbons (Fsp3) is 0.778. The van der Waals surface area contributed by atoms with E-state index in [-0.39, 0.29) is 6.09 Å². The van der Waals surface area contributed by atoms with Crippen LogP contribution in [0.25, 0.3) is 0 Å². The predicted molar refractivity (Wildman–Crippen MR) is 98.6 cm³/mol. The lowest BCUT2D eigenvalue weighted by atomic mass is 9.98. The maximum atomic E-state index is 12.1. The first-order valence-corrected chi connectivity index (χ1v) is 10.3. The Labute approximate surface area is 154 Å². The molecular weight excluding hydrogens is 338 g/mol. The van der Waals surface area contributed by atoms with Gasteiger partial charge in [-0.25, -0.2) is 4.79 Å². The number of ether oxygens (including phenoxy) is 2. The van der Waals surface area contributed by atoms with Crippen LogP contribution in [0.3, 0.4) is 0 Å². The SMILES string of the molecule is CC(C)(C)OC(=O)N1CCC(COCc2cc3n(n2)CCSC3)CC1. The normalized spacial score (nSPS) is 18.9. The highest BCUT2D eigenvalue weighted by atomic mass is 32.2. The van der Waals surface area contributed by atoms with E-state index in [0.717, 1.165) is 56.3 Å². The standard InChI is InChI=1S/C18H29N3O3S/c1-18(2,3)24-17(22)20-6-4-14(5-7-20)11-23-12-15-10-16-13-25-9-8-21(16)19-15/h10,14H,4-9,11-13H2,1-3H3. The van der Waals surface area contributed by atoms with Gasteiger partial charge in [-0.2, -0.15) is 16.9 Å². The van der Waals surface area contributed by atoms with Crippen molar-refractivity contribution in [2.45, 2.75) is 58.1 Å². The van der Waals surface area contributed by atoms with Gasteiger partial charge in [0.1, 0.15) is 5.60 Å². The van der Waals surface area contributed by atoms with Gasteiger partial charge >= 0.3 is 6.09 Å². The molecule has 1 aromatic heterocycles. The van der Waals surface area contributed by atoms with Crippen LogP contribution in [0, 0.1) is 5.92 Å². The molecule has 0 bridgehead atoms. The Morgan fingerprint density at radius 1 is 1.32 bits per heavy atom. The van der Waals surface area contributed by atoms with Crippen molar-refractivity contribution in [2.24, 2.45) is 5.92 Å². The van der Waals surface area contributed by atoms with E-state index < -0.39 is 5.60 Å². The molecule has 0 N–H and O–H groups in total. The number of fused-ring (bicyclic) bond motifs is 1. The highest BCUT2D eigenvalue weighted by Crippen LogP contribution is 2.22. The monoisotopic (exact) mass is 367 g/mol. The molecule has 0 saturated carbocycles. The number of thioether (sulfide) groups is 1. The van der Waals surface area contributed by atoms with Gasteiger partial charge in [0.15, 0.2) is 0 Å². The lowest BCUT2D eigenvalue weighted by molar-refractivity contribution is 0.0103. The largest absolute Gasteiger partial charge is 0.444 e. The van der Waals surface area contributed by atoms with E-state index in [9.17, 15) is 4.79 Å². The van der Waals surface area contributed by atoms with Crippen LogP contribution >= 0.6 is 11.8 Å². The number of amides is 1. The summed E-state index contributed by atoms with van der Waals surface area (Å²) >= 11 is 1.96. The quantitative estimate of drug-likeness (QED) is 0.817. The maximum absolute atomic E-state index is 12.1. The molecule has 0 aliphatic carbocycles. The Bertz CT molecular complexity index is 565. The minimum atomic E-state index is -0.431. The molecule has 7 heteroatoms. The average Bonchev–Trinajstić information content (AvgIpc) is 2.96. The van der Waals surface area contributed by atoms with Crippen LogP contribution in [0.15, 0.2) is 6.07 Å². The molecule has 0 atom stereocenters. The Morgan fingerprint density at radius 3 is 2.76 bits per heavy atom. The highest BCUT2D eigenvalue weighted by Gasteiger charge is 2.27. The van der Waals surface area contributed by atoms with Crippen molar-refractivity contribution in [3.05, 3.63) is 17.5 Å². The van der Waals surface area contributed by atoms with Crippen molar-refractivity contribution in [3.63, 3.8) is 0 Å². The van der Waals surface area contributed by atoms with Crippen LogP contribution in [0.4, 0.5) is 4.79 Å². The fourth-order valence-electron chi connectivity index (χ4n) is 3.16. The molecule has 0 radical (unpaired) electrons. The van der Waals surface area contributed by atoms with Crippen molar-refractivity contribution in [1.29, 1.82) is 0 Å². The molecule has 2 aliphatic rings. The van der Waals surface area contributed by atoms with Crippen molar-refractivity contribution in [3.8, 4) is 0 Å². The van der Waals surface area contributed by atoms with E-state index in [1.807, 2.05) is 37.4 Å². The Kier molecular flexibility index (Phi) is 5.94. The van der Waals surface area contributed by atoms with E-state index in [1.165, 1.54) is 5.69 Å². The van der Waals surface area contributed by atoms with Crippen molar-refractivity contribution < 1.29 is 14.3 Å². The topological polar surface area (TPSA) is 56.6 Å². The second-order valence-electron chi connectivity index (χ2n) is 7.83. The number of aryl methyl sites for hydroxylation is 1. The number of piperidine rings is 1. The first kappa shape index (κ1) is 18.6. The number of nitrogens with zero attached hydrogens (tertiary/aromatic N) is 3. The van der Waals surface area contributed by atoms with Gasteiger partial charge in [-0.3, -0.25) is 4.68 Å². The Hall–Kier alpha value is -1.21. The molecule has 1 saturated heterocycles. The summed E-state index contributed by atoms with van der Waals surface area (Å²) in [7, 11) is 0. The van der Waals surface area contributed by atoms with Gasteiger partial charge in [-0.1, -0.05) is 0 Å². The summed E-state index contributed by atoms with van der Waals surface area (Å²) in [5.41, 5.74) is 1.91. The Morgan fingerprint density at radius 2 is 2.08 bits per heavy atom.